The molecule has 1 amide bonds. The zero-order valence-electron chi connectivity index (χ0n) is 14.4. The predicted molar refractivity (Wildman–Crippen MR) is 97.7 cm³/mol. The summed E-state index contributed by atoms with van der Waals surface area (Å²) < 4.78 is 24.3. The van der Waals surface area contributed by atoms with Crippen molar-refractivity contribution < 1.29 is 23.1 Å². The Morgan fingerprint density at radius 2 is 1.65 bits per heavy atom. The van der Waals surface area contributed by atoms with E-state index in [1.54, 1.807) is 30.3 Å². The number of unbranched alkanes of at least 4 members (excludes halogenated alkanes) is 1. The first-order valence-corrected chi connectivity index (χ1v) is 9.92. The van der Waals surface area contributed by atoms with Crippen LogP contribution in [0.1, 0.15) is 41.7 Å². The standard InChI is InChI=1S/C19H21NO5S/c1-2-3-13-26(24,25)16-11-9-15(10-12-16)18(21)20-17(19(22)23)14-7-5-4-6-8-14/h4-12,17H,2-3,13H2,1H3,(H,20,21)(H,22,23)/t17-/m1/s1. The van der Waals surface area contributed by atoms with Crippen LogP contribution < -0.4 is 5.32 Å². The van der Waals surface area contributed by atoms with Crippen LogP contribution >= 0.6 is 0 Å². The van der Waals surface area contributed by atoms with Crippen LogP contribution in [0.25, 0.3) is 0 Å². The van der Waals surface area contributed by atoms with Crippen LogP contribution in [0.5, 0.6) is 0 Å². The van der Waals surface area contributed by atoms with Gasteiger partial charge in [0.05, 0.1) is 10.6 Å². The fourth-order valence-corrected chi connectivity index (χ4v) is 3.87. The highest BCUT2D eigenvalue weighted by atomic mass is 32.2. The molecule has 0 aliphatic rings. The molecule has 0 bridgehead atoms. The minimum absolute atomic E-state index is 0.0597. The van der Waals surface area contributed by atoms with E-state index >= 15 is 0 Å². The predicted octanol–water partition coefficient (Wildman–Crippen LogP) is 2.82. The monoisotopic (exact) mass is 375 g/mol. The first-order valence-electron chi connectivity index (χ1n) is 8.26. The molecule has 138 valence electrons. The van der Waals surface area contributed by atoms with Crippen LogP contribution in [0.2, 0.25) is 0 Å². The number of carboxylic acid groups (broad SMARTS) is 1. The lowest BCUT2D eigenvalue weighted by atomic mass is 10.1. The lowest BCUT2D eigenvalue weighted by Crippen LogP contribution is -2.33. The van der Waals surface area contributed by atoms with Gasteiger partial charge in [-0.05, 0) is 36.2 Å². The molecule has 2 N–H and O–H groups in total. The van der Waals surface area contributed by atoms with E-state index in [0.717, 1.165) is 6.42 Å². The molecule has 0 saturated heterocycles. The Kier molecular flexibility index (Phi) is 6.52. The summed E-state index contributed by atoms with van der Waals surface area (Å²) in [5.74, 6) is -1.70. The number of rotatable bonds is 8. The largest absolute Gasteiger partial charge is 0.479 e. The summed E-state index contributed by atoms with van der Waals surface area (Å²) in [7, 11) is -3.37. The smallest absolute Gasteiger partial charge is 0.330 e. The first-order chi connectivity index (χ1) is 12.3. The zero-order valence-corrected chi connectivity index (χ0v) is 15.2. The Hall–Kier alpha value is -2.67. The number of hydrogen-bond donors (Lipinski definition) is 2. The van der Waals surface area contributed by atoms with Gasteiger partial charge in [0, 0.05) is 5.56 Å². The van der Waals surface area contributed by atoms with Crippen molar-refractivity contribution >= 4 is 21.7 Å². The maximum atomic E-state index is 12.3. The van der Waals surface area contributed by atoms with Gasteiger partial charge in [-0.3, -0.25) is 4.79 Å². The Bertz CT molecular complexity index is 861. The van der Waals surface area contributed by atoms with E-state index in [9.17, 15) is 23.1 Å². The number of carbonyl (C=O) groups is 2. The van der Waals surface area contributed by atoms with Crippen molar-refractivity contribution in [3.8, 4) is 0 Å². The van der Waals surface area contributed by atoms with Crippen LogP contribution in [-0.2, 0) is 14.6 Å². The molecule has 0 aliphatic carbocycles. The molecule has 0 radical (unpaired) electrons. The van der Waals surface area contributed by atoms with Crippen molar-refractivity contribution in [2.75, 3.05) is 5.75 Å². The second kappa shape index (κ2) is 8.62. The van der Waals surface area contributed by atoms with Gasteiger partial charge in [0.1, 0.15) is 0 Å². The van der Waals surface area contributed by atoms with Crippen LogP contribution in [0.3, 0.4) is 0 Å². The van der Waals surface area contributed by atoms with E-state index in [-0.39, 0.29) is 16.2 Å². The topological polar surface area (TPSA) is 101 Å². The number of amides is 1. The normalized spacial score (nSPS) is 12.3. The Labute approximate surface area is 152 Å². The molecule has 2 rings (SSSR count). The van der Waals surface area contributed by atoms with Crippen molar-refractivity contribution in [1.82, 2.24) is 5.32 Å². The molecular weight excluding hydrogens is 354 g/mol. The zero-order chi connectivity index (χ0) is 19.2. The van der Waals surface area contributed by atoms with Crippen LogP contribution in [0.4, 0.5) is 0 Å². The van der Waals surface area contributed by atoms with Gasteiger partial charge >= 0.3 is 5.97 Å². The van der Waals surface area contributed by atoms with Gasteiger partial charge in [0.2, 0.25) is 0 Å². The summed E-state index contributed by atoms with van der Waals surface area (Å²) in [4.78, 5) is 24.0. The SMILES string of the molecule is CCCCS(=O)(=O)c1ccc(C(=O)N[C@@H](C(=O)O)c2ccccc2)cc1. The highest BCUT2D eigenvalue weighted by molar-refractivity contribution is 7.91. The van der Waals surface area contributed by atoms with E-state index in [4.69, 9.17) is 0 Å². The number of nitrogens with one attached hydrogen (secondary N) is 1. The van der Waals surface area contributed by atoms with Crippen molar-refractivity contribution in [2.24, 2.45) is 0 Å². The third-order valence-electron chi connectivity index (χ3n) is 3.90. The van der Waals surface area contributed by atoms with Gasteiger partial charge in [-0.15, -0.1) is 0 Å². The summed E-state index contributed by atoms with van der Waals surface area (Å²) in [6.45, 7) is 1.91. The number of benzene rings is 2. The number of hydrogen-bond acceptors (Lipinski definition) is 4. The number of carbonyl (C=O) groups excluding carboxylic acids is 1. The molecule has 2 aromatic rings. The second-order valence-corrected chi connectivity index (χ2v) is 7.96. The molecule has 0 saturated carbocycles. The average Bonchev–Trinajstić information content (AvgIpc) is 2.65. The fraction of sp³-hybridized carbons (Fsp3) is 0.263. The van der Waals surface area contributed by atoms with Crippen molar-refractivity contribution in [3.05, 3.63) is 65.7 Å². The lowest BCUT2D eigenvalue weighted by molar-refractivity contribution is -0.139. The molecule has 6 nitrogen and oxygen atoms in total. The number of sulfone groups is 1. The molecule has 2 aromatic carbocycles. The maximum Gasteiger partial charge on any atom is 0.330 e. The van der Waals surface area contributed by atoms with Crippen molar-refractivity contribution in [3.63, 3.8) is 0 Å². The van der Waals surface area contributed by atoms with Gasteiger partial charge in [0.15, 0.2) is 15.9 Å². The van der Waals surface area contributed by atoms with Crippen LogP contribution in [0.15, 0.2) is 59.5 Å². The van der Waals surface area contributed by atoms with Gasteiger partial charge < -0.3 is 10.4 Å². The molecule has 7 heteroatoms. The number of carboxylic acids is 1. The third-order valence-corrected chi connectivity index (χ3v) is 5.71. The molecular formula is C19H21NO5S. The molecule has 0 unspecified atom stereocenters. The minimum atomic E-state index is -3.37. The summed E-state index contributed by atoms with van der Waals surface area (Å²) in [6.07, 6.45) is 1.34. The van der Waals surface area contributed by atoms with Gasteiger partial charge in [0.25, 0.3) is 5.91 Å². The summed E-state index contributed by atoms with van der Waals surface area (Å²) >= 11 is 0. The van der Waals surface area contributed by atoms with Gasteiger partial charge in [-0.2, -0.15) is 0 Å². The fourth-order valence-electron chi connectivity index (χ4n) is 2.41. The molecule has 0 heterocycles. The van der Waals surface area contributed by atoms with Crippen LogP contribution in [-0.4, -0.2) is 31.2 Å². The Morgan fingerprint density at radius 3 is 2.19 bits per heavy atom. The third kappa shape index (κ3) is 4.92. The first kappa shape index (κ1) is 19.7. The van der Waals surface area contributed by atoms with Gasteiger partial charge in [-0.25, -0.2) is 13.2 Å². The average molecular weight is 375 g/mol. The highest BCUT2D eigenvalue weighted by Gasteiger charge is 2.23. The van der Waals surface area contributed by atoms with Crippen molar-refractivity contribution in [1.29, 1.82) is 0 Å². The maximum absolute atomic E-state index is 12.3. The minimum Gasteiger partial charge on any atom is -0.479 e. The van der Waals surface area contributed by atoms with E-state index < -0.39 is 27.8 Å². The highest BCUT2D eigenvalue weighted by Crippen LogP contribution is 2.16. The van der Waals surface area contributed by atoms with Crippen molar-refractivity contribution in [2.45, 2.75) is 30.7 Å². The van der Waals surface area contributed by atoms with Crippen LogP contribution in [0, 0.1) is 0 Å². The molecule has 0 spiro atoms. The Morgan fingerprint density at radius 1 is 1.04 bits per heavy atom. The Balaban J connectivity index is 2.15. The van der Waals surface area contributed by atoms with E-state index in [2.05, 4.69) is 5.32 Å². The molecule has 0 fully saturated rings. The molecule has 0 aliphatic heterocycles. The quantitative estimate of drug-likeness (QED) is 0.739. The second-order valence-electron chi connectivity index (χ2n) is 5.85. The summed E-state index contributed by atoms with van der Waals surface area (Å²) in [5, 5.41) is 11.8. The molecule has 26 heavy (non-hydrogen) atoms. The van der Waals surface area contributed by atoms with E-state index in [1.807, 2.05) is 6.92 Å². The van der Waals surface area contributed by atoms with Gasteiger partial charge in [-0.1, -0.05) is 43.7 Å². The number of aliphatic carboxylic acids is 1. The lowest BCUT2D eigenvalue weighted by Gasteiger charge is -2.15. The molecule has 0 aromatic heterocycles. The van der Waals surface area contributed by atoms with E-state index in [1.165, 1.54) is 24.3 Å². The molecule has 1 atom stereocenters. The summed E-state index contributed by atoms with van der Waals surface area (Å²) in [6, 6.07) is 12.7. The van der Waals surface area contributed by atoms with E-state index in [0.29, 0.717) is 12.0 Å². The summed E-state index contributed by atoms with van der Waals surface area (Å²) in [5.41, 5.74) is 0.647.